The molecule has 0 atom stereocenters. The Morgan fingerprint density at radius 3 is 2.75 bits per heavy atom. The fourth-order valence-electron chi connectivity index (χ4n) is 2.47. The predicted molar refractivity (Wildman–Crippen MR) is 110 cm³/mol. The minimum absolute atomic E-state index is 0.401. The van der Waals surface area contributed by atoms with E-state index in [1.165, 1.54) is 0 Å². The van der Waals surface area contributed by atoms with Crippen LogP contribution in [-0.4, -0.2) is 58.4 Å². The lowest BCUT2D eigenvalue weighted by molar-refractivity contribution is 0.0527. The molecule has 2 aromatic rings. The van der Waals surface area contributed by atoms with Crippen molar-refractivity contribution in [3.63, 3.8) is 0 Å². The quantitative estimate of drug-likeness (QED) is 0.361. The first-order chi connectivity index (χ1) is 13.4. The van der Waals surface area contributed by atoms with Gasteiger partial charge < -0.3 is 20.7 Å². The molecule has 0 aliphatic heterocycles. The fourth-order valence-corrected chi connectivity index (χ4v) is 2.47. The van der Waals surface area contributed by atoms with Gasteiger partial charge in [-0.3, -0.25) is 9.39 Å². The van der Waals surface area contributed by atoms with Crippen molar-refractivity contribution in [3.8, 4) is 0 Å². The second-order valence-corrected chi connectivity index (χ2v) is 7.26. The average Bonchev–Trinajstić information content (AvgIpc) is 3.03. The summed E-state index contributed by atoms with van der Waals surface area (Å²) < 4.78 is 7.18. The van der Waals surface area contributed by atoms with Crippen LogP contribution in [0.25, 0.3) is 5.65 Å². The summed E-state index contributed by atoms with van der Waals surface area (Å²) in [7, 11) is 0. The Bertz CT molecular complexity index is 780. The van der Waals surface area contributed by atoms with E-state index < -0.39 is 11.7 Å². The molecule has 3 N–H and O–H groups in total. The minimum atomic E-state index is -0.486. The maximum Gasteiger partial charge on any atom is 0.407 e. The van der Waals surface area contributed by atoms with Gasteiger partial charge in [-0.2, -0.15) is 0 Å². The molecule has 0 radical (unpaired) electrons. The number of alkyl carbamates (subject to hydrolysis) is 1. The van der Waals surface area contributed by atoms with Gasteiger partial charge in [0.2, 0.25) is 0 Å². The second kappa shape index (κ2) is 10.5. The molecule has 0 spiro atoms. The van der Waals surface area contributed by atoms with Crippen molar-refractivity contribution >= 4 is 17.7 Å². The zero-order valence-electron chi connectivity index (χ0n) is 17.2. The Hall–Kier alpha value is -2.84. The summed E-state index contributed by atoms with van der Waals surface area (Å²) in [5.74, 6) is 1.65. The van der Waals surface area contributed by atoms with Crippen LogP contribution in [0.4, 0.5) is 4.79 Å². The summed E-state index contributed by atoms with van der Waals surface area (Å²) in [6.07, 6.45) is 3.02. The van der Waals surface area contributed by atoms with E-state index in [2.05, 4.69) is 31.1 Å². The lowest BCUT2D eigenvalue weighted by Crippen LogP contribution is -2.38. The summed E-state index contributed by atoms with van der Waals surface area (Å²) in [6.45, 7) is 10.1. The second-order valence-electron chi connectivity index (χ2n) is 7.26. The van der Waals surface area contributed by atoms with Gasteiger partial charge in [-0.1, -0.05) is 6.07 Å². The van der Waals surface area contributed by atoms with E-state index in [0.29, 0.717) is 19.6 Å². The van der Waals surface area contributed by atoms with Gasteiger partial charge in [0.15, 0.2) is 11.6 Å². The van der Waals surface area contributed by atoms with E-state index in [0.717, 1.165) is 36.8 Å². The van der Waals surface area contributed by atoms with Gasteiger partial charge in [-0.15, -0.1) is 10.2 Å². The van der Waals surface area contributed by atoms with Crippen molar-refractivity contribution in [3.05, 3.63) is 30.2 Å². The van der Waals surface area contributed by atoms with Gasteiger partial charge >= 0.3 is 6.09 Å². The number of fused-ring (bicyclic) bond motifs is 1. The van der Waals surface area contributed by atoms with Crippen molar-refractivity contribution in [2.75, 3.05) is 26.2 Å². The van der Waals surface area contributed by atoms with Gasteiger partial charge in [0.25, 0.3) is 0 Å². The van der Waals surface area contributed by atoms with Crippen molar-refractivity contribution in [2.24, 2.45) is 4.99 Å². The summed E-state index contributed by atoms with van der Waals surface area (Å²) in [5, 5.41) is 17.6. The van der Waals surface area contributed by atoms with Crippen LogP contribution in [0.2, 0.25) is 0 Å². The molecule has 1 amide bonds. The molecule has 2 heterocycles. The number of carbonyl (C=O) groups excluding carboxylic acids is 1. The van der Waals surface area contributed by atoms with Crippen LogP contribution in [0.15, 0.2) is 29.4 Å². The number of hydrogen-bond donors (Lipinski definition) is 3. The van der Waals surface area contributed by atoms with Crippen molar-refractivity contribution < 1.29 is 9.53 Å². The van der Waals surface area contributed by atoms with Gasteiger partial charge in [-0.25, -0.2) is 4.79 Å². The van der Waals surface area contributed by atoms with E-state index in [1.54, 1.807) is 0 Å². The number of aromatic nitrogens is 3. The summed E-state index contributed by atoms with van der Waals surface area (Å²) in [6, 6.07) is 5.84. The SMILES string of the molecule is CCNC(=NCCCNC(=O)OC(C)(C)C)NCCc1nnc2ccccn12. The highest BCUT2D eigenvalue weighted by molar-refractivity contribution is 5.79. The maximum absolute atomic E-state index is 11.6. The molecule has 0 saturated carbocycles. The number of rotatable bonds is 8. The van der Waals surface area contributed by atoms with Crippen LogP contribution < -0.4 is 16.0 Å². The van der Waals surface area contributed by atoms with Crippen LogP contribution in [0.3, 0.4) is 0 Å². The number of guanidine groups is 1. The molecular weight excluding hydrogens is 358 g/mol. The smallest absolute Gasteiger partial charge is 0.407 e. The Morgan fingerprint density at radius 2 is 2.00 bits per heavy atom. The molecular formula is C19H31N7O2. The molecule has 0 bridgehead atoms. The molecule has 0 fully saturated rings. The zero-order valence-corrected chi connectivity index (χ0v) is 17.2. The Kier molecular flexibility index (Phi) is 8.03. The molecule has 9 nitrogen and oxygen atoms in total. The van der Waals surface area contributed by atoms with Gasteiger partial charge in [-0.05, 0) is 46.2 Å². The first-order valence-corrected chi connectivity index (χ1v) is 9.66. The van der Waals surface area contributed by atoms with Crippen LogP contribution in [0, 0.1) is 0 Å². The number of carbonyl (C=O) groups is 1. The molecule has 0 unspecified atom stereocenters. The minimum Gasteiger partial charge on any atom is -0.444 e. The van der Waals surface area contributed by atoms with Gasteiger partial charge in [0.05, 0.1) is 0 Å². The Morgan fingerprint density at radius 1 is 1.18 bits per heavy atom. The number of nitrogens with zero attached hydrogens (tertiary/aromatic N) is 4. The summed E-state index contributed by atoms with van der Waals surface area (Å²) >= 11 is 0. The molecule has 0 saturated heterocycles. The summed E-state index contributed by atoms with van der Waals surface area (Å²) in [4.78, 5) is 16.1. The average molecular weight is 390 g/mol. The molecule has 28 heavy (non-hydrogen) atoms. The molecule has 2 aromatic heterocycles. The third-order valence-electron chi connectivity index (χ3n) is 3.64. The van der Waals surface area contributed by atoms with E-state index in [1.807, 2.05) is 56.5 Å². The molecule has 9 heteroatoms. The summed E-state index contributed by atoms with van der Waals surface area (Å²) in [5.41, 5.74) is 0.357. The normalized spacial score (nSPS) is 12.1. The highest BCUT2D eigenvalue weighted by Crippen LogP contribution is 2.06. The van der Waals surface area contributed by atoms with Gasteiger partial charge in [0, 0.05) is 38.8 Å². The largest absolute Gasteiger partial charge is 0.444 e. The third-order valence-corrected chi connectivity index (χ3v) is 3.64. The first kappa shape index (κ1) is 21.5. The molecule has 0 aromatic carbocycles. The number of hydrogen-bond acceptors (Lipinski definition) is 5. The van der Waals surface area contributed by atoms with Crippen LogP contribution >= 0.6 is 0 Å². The Labute approximate surface area is 166 Å². The fraction of sp³-hybridized carbons (Fsp3) is 0.579. The third kappa shape index (κ3) is 7.42. The Balaban J connectivity index is 1.72. The number of ether oxygens (including phenoxy) is 1. The van der Waals surface area contributed by atoms with Crippen molar-refractivity contribution in [1.29, 1.82) is 0 Å². The molecule has 154 valence electrons. The van der Waals surface area contributed by atoms with E-state index in [9.17, 15) is 4.79 Å². The van der Waals surface area contributed by atoms with E-state index in [-0.39, 0.29) is 0 Å². The number of aliphatic imine (C=N–C) groups is 1. The van der Waals surface area contributed by atoms with Gasteiger partial charge in [0.1, 0.15) is 11.4 Å². The standard InChI is InChI=1S/C19H31N7O2/c1-5-20-17(21-11-8-12-23-18(27)28-19(2,3)4)22-13-10-16-25-24-15-9-6-7-14-26(15)16/h6-7,9,14H,5,8,10-13H2,1-4H3,(H,23,27)(H2,20,21,22). The molecule has 2 rings (SSSR count). The topological polar surface area (TPSA) is 105 Å². The molecule has 0 aliphatic carbocycles. The first-order valence-electron chi connectivity index (χ1n) is 9.66. The number of pyridine rings is 1. The van der Waals surface area contributed by atoms with E-state index >= 15 is 0 Å². The van der Waals surface area contributed by atoms with Crippen LogP contribution in [0.5, 0.6) is 0 Å². The van der Waals surface area contributed by atoms with E-state index in [4.69, 9.17) is 4.74 Å². The molecule has 0 aliphatic rings. The number of amides is 1. The maximum atomic E-state index is 11.6. The highest BCUT2D eigenvalue weighted by Gasteiger charge is 2.15. The van der Waals surface area contributed by atoms with Crippen LogP contribution in [-0.2, 0) is 11.2 Å². The van der Waals surface area contributed by atoms with Crippen molar-refractivity contribution in [2.45, 2.75) is 46.1 Å². The monoisotopic (exact) mass is 389 g/mol. The zero-order chi connectivity index (χ0) is 20.4. The predicted octanol–water partition coefficient (Wildman–Crippen LogP) is 1.74. The lowest BCUT2D eigenvalue weighted by Gasteiger charge is -2.19. The van der Waals surface area contributed by atoms with Crippen molar-refractivity contribution in [1.82, 2.24) is 30.5 Å². The lowest BCUT2D eigenvalue weighted by atomic mass is 10.2. The number of nitrogens with one attached hydrogen (secondary N) is 3. The van der Waals surface area contributed by atoms with Crippen LogP contribution in [0.1, 0.15) is 39.9 Å². The highest BCUT2D eigenvalue weighted by atomic mass is 16.6.